The van der Waals surface area contributed by atoms with Gasteiger partial charge in [-0.1, -0.05) is 0 Å². The van der Waals surface area contributed by atoms with Crippen LogP contribution in [0.3, 0.4) is 0 Å². The van der Waals surface area contributed by atoms with Gasteiger partial charge in [0.1, 0.15) is 17.0 Å². The minimum Gasteiger partial charge on any atom is -0.367 e. The molecule has 0 aliphatic rings. The maximum atomic E-state index is 5.82. The van der Waals surface area contributed by atoms with Crippen LogP contribution in [0.5, 0.6) is 0 Å². The molecule has 0 radical (unpaired) electrons. The van der Waals surface area contributed by atoms with Crippen LogP contribution in [0.4, 0.5) is 5.82 Å². The third-order valence-electron chi connectivity index (χ3n) is 3.07. The molecule has 2 unspecified atom stereocenters. The van der Waals surface area contributed by atoms with E-state index in [4.69, 9.17) is 5.73 Å². The molecule has 3 N–H and O–H groups in total. The van der Waals surface area contributed by atoms with Gasteiger partial charge in [-0.2, -0.15) is 0 Å². The lowest BCUT2D eigenvalue weighted by molar-refractivity contribution is 0.604. The summed E-state index contributed by atoms with van der Waals surface area (Å²) < 4.78 is 0. The average molecular weight is 264 g/mol. The van der Waals surface area contributed by atoms with Crippen molar-refractivity contribution in [2.45, 2.75) is 46.2 Å². The highest BCUT2D eigenvalue weighted by molar-refractivity contribution is 7.18. The predicted octanol–water partition coefficient (Wildman–Crippen LogP) is 2.85. The first-order valence-electron chi connectivity index (χ1n) is 6.22. The first-order chi connectivity index (χ1) is 8.49. The van der Waals surface area contributed by atoms with Crippen LogP contribution in [-0.2, 0) is 0 Å². The predicted molar refractivity (Wildman–Crippen MR) is 78.2 cm³/mol. The molecular formula is C13H20N4S. The van der Waals surface area contributed by atoms with E-state index < -0.39 is 0 Å². The SMILES string of the molecule is Cc1sc2ncnc(NC(C)CC(C)N)c2c1C. The van der Waals surface area contributed by atoms with Crippen LogP contribution in [0.1, 0.15) is 30.7 Å². The normalized spacial score (nSPS) is 14.7. The number of thiophene rings is 1. The van der Waals surface area contributed by atoms with Gasteiger partial charge in [-0.15, -0.1) is 11.3 Å². The number of hydrogen-bond acceptors (Lipinski definition) is 5. The molecule has 2 aromatic rings. The second kappa shape index (κ2) is 5.20. The molecule has 2 rings (SSSR count). The highest BCUT2D eigenvalue weighted by atomic mass is 32.1. The summed E-state index contributed by atoms with van der Waals surface area (Å²) in [5, 5.41) is 4.60. The number of nitrogens with one attached hydrogen (secondary N) is 1. The smallest absolute Gasteiger partial charge is 0.138 e. The van der Waals surface area contributed by atoms with Gasteiger partial charge in [0.15, 0.2) is 0 Å². The van der Waals surface area contributed by atoms with Crippen LogP contribution in [0.25, 0.3) is 10.2 Å². The van der Waals surface area contributed by atoms with E-state index in [0.29, 0.717) is 6.04 Å². The van der Waals surface area contributed by atoms with E-state index in [1.54, 1.807) is 17.7 Å². The van der Waals surface area contributed by atoms with Crippen LogP contribution in [0, 0.1) is 13.8 Å². The van der Waals surface area contributed by atoms with Crippen molar-refractivity contribution in [1.82, 2.24) is 9.97 Å². The molecule has 0 spiro atoms. The number of aryl methyl sites for hydroxylation is 2. The highest BCUT2D eigenvalue weighted by Gasteiger charge is 2.13. The van der Waals surface area contributed by atoms with Gasteiger partial charge >= 0.3 is 0 Å². The number of nitrogens with two attached hydrogens (primary N) is 1. The molecule has 0 aliphatic carbocycles. The van der Waals surface area contributed by atoms with Gasteiger partial charge in [-0.05, 0) is 39.7 Å². The summed E-state index contributed by atoms with van der Waals surface area (Å²) in [4.78, 5) is 11.1. The van der Waals surface area contributed by atoms with Gasteiger partial charge in [-0.3, -0.25) is 0 Å². The largest absolute Gasteiger partial charge is 0.367 e. The topological polar surface area (TPSA) is 63.8 Å². The van der Waals surface area contributed by atoms with Crippen LogP contribution >= 0.6 is 11.3 Å². The fourth-order valence-corrected chi connectivity index (χ4v) is 3.14. The summed E-state index contributed by atoms with van der Waals surface area (Å²) >= 11 is 1.72. The second-order valence-corrected chi connectivity index (χ2v) is 6.15. The van der Waals surface area contributed by atoms with E-state index in [-0.39, 0.29) is 6.04 Å². The fourth-order valence-electron chi connectivity index (χ4n) is 2.14. The van der Waals surface area contributed by atoms with Gasteiger partial charge < -0.3 is 11.1 Å². The maximum Gasteiger partial charge on any atom is 0.138 e. The standard InChI is InChI=1S/C13H20N4S/c1-7(14)5-8(2)17-12-11-9(3)10(4)18-13(11)16-6-15-12/h6-8H,5,14H2,1-4H3,(H,15,16,17). The quantitative estimate of drug-likeness (QED) is 0.891. The average Bonchev–Trinajstić information content (AvgIpc) is 2.54. The van der Waals surface area contributed by atoms with Crippen molar-refractivity contribution in [2.75, 3.05) is 5.32 Å². The second-order valence-electron chi connectivity index (χ2n) is 4.94. The molecule has 4 nitrogen and oxygen atoms in total. The number of anilines is 1. The number of nitrogens with zero attached hydrogens (tertiary/aromatic N) is 2. The lowest BCUT2D eigenvalue weighted by Crippen LogP contribution is -2.26. The fraction of sp³-hybridized carbons (Fsp3) is 0.538. The number of aromatic nitrogens is 2. The minimum absolute atomic E-state index is 0.190. The van der Waals surface area contributed by atoms with Gasteiger partial charge in [0.05, 0.1) is 5.39 Å². The van der Waals surface area contributed by atoms with E-state index in [0.717, 1.165) is 22.5 Å². The zero-order valence-electron chi connectivity index (χ0n) is 11.3. The summed E-state index contributed by atoms with van der Waals surface area (Å²) in [7, 11) is 0. The monoisotopic (exact) mass is 264 g/mol. The Kier molecular flexibility index (Phi) is 3.82. The number of fused-ring (bicyclic) bond motifs is 1. The Balaban J connectivity index is 2.33. The Morgan fingerprint density at radius 2 is 2.06 bits per heavy atom. The van der Waals surface area contributed by atoms with Gasteiger partial charge in [0.2, 0.25) is 0 Å². The Morgan fingerprint density at radius 3 is 2.72 bits per heavy atom. The van der Waals surface area contributed by atoms with E-state index in [1.165, 1.54) is 10.4 Å². The van der Waals surface area contributed by atoms with Crippen molar-refractivity contribution >= 4 is 27.4 Å². The van der Waals surface area contributed by atoms with Gasteiger partial charge in [0.25, 0.3) is 0 Å². The van der Waals surface area contributed by atoms with Crippen molar-refractivity contribution in [3.05, 3.63) is 16.8 Å². The van der Waals surface area contributed by atoms with Crippen LogP contribution in [0.15, 0.2) is 6.33 Å². The molecule has 0 saturated heterocycles. The molecule has 18 heavy (non-hydrogen) atoms. The van der Waals surface area contributed by atoms with Crippen LogP contribution in [-0.4, -0.2) is 22.1 Å². The lowest BCUT2D eigenvalue weighted by Gasteiger charge is -2.17. The highest BCUT2D eigenvalue weighted by Crippen LogP contribution is 2.32. The molecule has 98 valence electrons. The van der Waals surface area contributed by atoms with E-state index in [2.05, 4.69) is 36.1 Å². The molecule has 0 fully saturated rings. The first kappa shape index (κ1) is 13.2. The third kappa shape index (κ3) is 2.62. The Morgan fingerprint density at radius 1 is 1.33 bits per heavy atom. The summed E-state index contributed by atoms with van der Waals surface area (Å²) in [5.41, 5.74) is 7.09. The van der Waals surface area contributed by atoms with Gasteiger partial charge in [0, 0.05) is 17.0 Å². The molecule has 0 saturated carbocycles. The van der Waals surface area contributed by atoms with E-state index in [1.807, 2.05) is 6.92 Å². The molecule has 2 aromatic heterocycles. The molecular weight excluding hydrogens is 244 g/mol. The summed E-state index contributed by atoms with van der Waals surface area (Å²) in [6.45, 7) is 8.40. The molecule has 2 heterocycles. The molecule has 0 aromatic carbocycles. The van der Waals surface area contributed by atoms with Crippen molar-refractivity contribution in [2.24, 2.45) is 5.73 Å². The van der Waals surface area contributed by atoms with Crippen LogP contribution in [0.2, 0.25) is 0 Å². The third-order valence-corrected chi connectivity index (χ3v) is 4.19. The molecule has 5 heteroatoms. The maximum absolute atomic E-state index is 5.82. The Bertz CT molecular complexity index is 547. The first-order valence-corrected chi connectivity index (χ1v) is 7.03. The van der Waals surface area contributed by atoms with E-state index >= 15 is 0 Å². The van der Waals surface area contributed by atoms with Crippen molar-refractivity contribution in [1.29, 1.82) is 0 Å². The molecule has 0 aliphatic heterocycles. The molecule has 0 amide bonds. The van der Waals surface area contributed by atoms with Crippen molar-refractivity contribution in [3.8, 4) is 0 Å². The summed E-state index contributed by atoms with van der Waals surface area (Å²) in [6.07, 6.45) is 2.55. The molecule has 2 atom stereocenters. The Labute approximate surface area is 112 Å². The minimum atomic E-state index is 0.190. The van der Waals surface area contributed by atoms with Crippen LogP contribution < -0.4 is 11.1 Å². The molecule has 0 bridgehead atoms. The number of rotatable bonds is 4. The van der Waals surface area contributed by atoms with E-state index in [9.17, 15) is 0 Å². The van der Waals surface area contributed by atoms with Crippen molar-refractivity contribution in [3.63, 3.8) is 0 Å². The van der Waals surface area contributed by atoms with Crippen molar-refractivity contribution < 1.29 is 0 Å². The number of hydrogen-bond donors (Lipinski definition) is 2. The zero-order chi connectivity index (χ0) is 13.3. The summed E-state index contributed by atoms with van der Waals surface area (Å²) in [5.74, 6) is 0.926. The lowest BCUT2D eigenvalue weighted by atomic mass is 10.1. The van der Waals surface area contributed by atoms with Gasteiger partial charge in [-0.25, -0.2) is 9.97 Å². The Hall–Kier alpha value is -1.20. The zero-order valence-corrected chi connectivity index (χ0v) is 12.1. The summed E-state index contributed by atoms with van der Waals surface area (Å²) in [6, 6.07) is 0.498.